The van der Waals surface area contributed by atoms with Gasteiger partial charge in [0.15, 0.2) is 0 Å². The molecule has 0 fully saturated rings. The minimum absolute atomic E-state index is 0.682. The molecule has 0 unspecified atom stereocenters. The number of nitrogens with zero attached hydrogens (tertiary/aromatic N) is 3. The lowest BCUT2D eigenvalue weighted by Crippen LogP contribution is -2.05. The van der Waals surface area contributed by atoms with Crippen molar-refractivity contribution in [3.63, 3.8) is 0 Å². The summed E-state index contributed by atoms with van der Waals surface area (Å²) in [5.74, 6) is 0.682. The molecule has 0 N–H and O–H groups in total. The van der Waals surface area contributed by atoms with Crippen LogP contribution in [0.5, 0.6) is 0 Å². The van der Waals surface area contributed by atoms with E-state index >= 15 is 0 Å². The molecule has 0 radical (unpaired) electrons. The topological polar surface area (TPSA) is 22.2 Å². The molecule has 0 amide bonds. The molecule has 53 heavy (non-hydrogen) atoms. The summed E-state index contributed by atoms with van der Waals surface area (Å²) in [5, 5.41) is 7.37. The Hall–Kier alpha value is -6.71. The summed E-state index contributed by atoms with van der Waals surface area (Å²) in [7, 11) is 0. The van der Waals surface area contributed by atoms with Gasteiger partial charge in [-0.2, -0.15) is 0 Å². The van der Waals surface area contributed by atoms with Crippen LogP contribution in [0.2, 0.25) is 0 Å². The van der Waals surface area contributed by atoms with Gasteiger partial charge in [0.2, 0.25) is 0 Å². The molecule has 3 heteroatoms. The Balaban J connectivity index is 1.16. The third kappa shape index (κ3) is 5.08. The maximum absolute atomic E-state index is 5.25. The van der Waals surface area contributed by atoms with E-state index in [9.17, 15) is 0 Å². The summed E-state index contributed by atoms with van der Waals surface area (Å²) >= 11 is 0. The van der Waals surface area contributed by atoms with Crippen LogP contribution in [0.1, 0.15) is 25.3 Å². The molecule has 10 rings (SSSR count). The summed E-state index contributed by atoms with van der Waals surface area (Å²) < 4.78 is 4.65. The first-order chi connectivity index (χ1) is 26.1. The Morgan fingerprint density at radius 1 is 0.604 bits per heavy atom. The quantitative estimate of drug-likeness (QED) is 0.173. The molecule has 0 saturated carbocycles. The summed E-state index contributed by atoms with van der Waals surface area (Å²) in [4.78, 5) is 5.25. The molecule has 0 aliphatic heterocycles. The highest BCUT2D eigenvalue weighted by atomic mass is 15.1. The van der Waals surface area contributed by atoms with Gasteiger partial charge in [0.05, 0.1) is 27.8 Å². The van der Waals surface area contributed by atoms with Gasteiger partial charge in [0, 0.05) is 32.8 Å². The van der Waals surface area contributed by atoms with Crippen molar-refractivity contribution >= 4 is 77.2 Å². The van der Waals surface area contributed by atoms with E-state index in [1.807, 2.05) is 0 Å². The first-order valence-electron chi connectivity index (χ1n) is 18.4. The molecule has 6 aromatic carbocycles. The van der Waals surface area contributed by atoms with Crippen molar-refractivity contribution in [2.75, 3.05) is 0 Å². The Morgan fingerprint density at radius 2 is 1.30 bits per heavy atom. The van der Waals surface area contributed by atoms with Gasteiger partial charge in [-0.05, 0) is 101 Å². The molecule has 3 nitrogen and oxygen atoms in total. The molecule has 2 aromatic heterocycles. The van der Waals surface area contributed by atoms with Crippen LogP contribution >= 0.6 is 0 Å². The van der Waals surface area contributed by atoms with E-state index in [0.29, 0.717) is 5.82 Å². The summed E-state index contributed by atoms with van der Waals surface area (Å²) in [5.41, 5.74) is 12.6. The number of hydrogen-bond donors (Lipinski definition) is 0. The minimum atomic E-state index is 0.682. The van der Waals surface area contributed by atoms with Crippen LogP contribution in [0, 0.1) is 0 Å². The smallest absolute Gasteiger partial charge is 0.131 e. The lowest BCUT2D eigenvalue weighted by Gasteiger charge is -2.14. The largest absolute Gasteiger partial charge is 0.310 e. The molecule has 0 spiro atoms. The number of aliphatic imine (C=N–C) groups is 1. The second kappa shape index (κ2) is 12.5. The monoisotopic (exact) mass is 679 g/mol. The van der Waals surface area contributed by atoms with E-state index in [1.165, 1.54) is 71.3 Å². The Kier molecular flexibility index (Phi) is 7.33. The average Bonchev–Trinajstić information content (AvgIpc) is 3.74. The maximum atomic E-state index is 5.25. The molecule has 252 valence electrons. The fourth-order valence-corrected chi connectivity index (χ4v) is 8.37. The summed E-state index contributed by atoms with van der Waals surface area (Å²) in [6.45, 7) is 6.77. The SMILES string of the molecule is C=C(N=C1C=CC=C/C1=C(/C)c1ccccc1)n1c2ccc(-c3ccc4c(c3)c3ccccc3n4C3=CCCC=C3)cc2c2c3ccccc3ccc21. The molecule has 0 atom stereocenters. The Morgan fingerprint density at radius 3 is 2.13 bits per heavy atom. The van der Waals surface area contributed by atoms with Crippen molar-refractivity contribution in [2.24, 2.45) is 4.99 Å². The zero-order valence-electron chi connectivity index (χ0n) is 29.6. The molecule has 2 heterocycles. The van der Waals surface area contributed by atoms with Gasteiger partial charge in [0.25, 0.3) is 0 Å². The van der Waals surface area contributed by atoms with Gasteiger partial charge >= 0.3 is 0 Å². The van der Waals surface area contributed by atoms with Crippen LogP contribution in [0.4, 0.5) is 0 Å². The minimum Gasteiger partial charge on any atom is -0.310 e. The van der Waals surface area contributed by atoms with Gasteiger partial charge in [-0.3, -0.25) is 4.57 Å². The van der Waals surface area contributed by atoms with E-state index < -0.39 is 0 Å². The standard InChI is InChI=1S/C50H37N3/c1-33(35-15-5-3-6-16-35)40-20-11-13-23-45(40)51-34(2)52-48-29-27-38(32-44(48)50-41-21-10-9-17-36(41)25-30-49(50)52)37-26-28-47-43(31-37)42-22-12-14-24-46(42)53(47)39-18-7-4-8-19-39/h3,5-7,9-32H,2,4,8H2,1H3/b40-33+,51-45?. The van der Waals surface area contributed by atoms with Crippen molar-refractivity contribution in [3.05, 3.63) is 188 Å². The van der Waals surface area contributed by atoms with E-state index in [4.69, 9.17) is 4.99 Å². The van der Waals surface area contributed by atoms with Crippen LogP contribution in [0.15, 0.2) is 187 Å². The third-order valence-corrected chi connectivity index (χ3v) is 10.9. The van der Waals surface area contributed by atoms with Gasteiger partial charge in [-0.1, -0.05) is 128 Å². The highest BCUT2D eigenvalue weighted by molar-refractivity contribution is 6.23. The Bertz CT molecular complexity index is 3010. The zero-order valence-corrected chi connectivity index (χ0v) is 29.6. The molecular formula is C50H37N3. The van der Waals surface area contributed by atoms with E-state index in [0.717, 1.165) is 35.2 Å². The maximum Gasteiger partial charge on any atom is 0.131 e. The summed E-state index contributed by atoms with van der Waals surface area (Å²) in [6, 6.07) is 46.2. The zero-order chi connectivity index (χ0) is 35.5. The Labute approximate surface area is 308 Å². The number of benzene rings is 6. The van der Waals surface area contributed by atoms with E-state index in [1.54, 1.807) is 0 Å². The van der Waals surface area contributed by atoms with Crippen molar-refractivity contribution in [3.8, 4) is 11.1 Å². The lowest BCUT2D eigenvalue weighted by atomic mass is 9.95. The lowest BCUT2D eigenvalue weighted by molar-refractivity contribution is 1.02. The number of hydrogen-bond acceptors (Lipinski definition) is 1. The van der Waals surface area contributed by atoms with Crippen molar-refractivity contribution in [2.45, 2.75) is 19.8 Å². The number of allylic oxidation sites excluding steroid dienone is 10. The molecule has 0 saturated heterocycles. The normalized spacial score (nSPS) is 16.1. The molecular weight excluding hydrogens is 643 g/mol. The second-order valence-corrected chi connectivity index (χ2v) is 14.0. The number of fused-ring (bicyclic) bond motifs is 8. The van der Waals surface area contributed by atoms with Crippen molar-refractivity contribution in [1.29, 1.82) is 0 Å². The van der Waals surface area contributed by atoms with Crippen LogP contribution in [0.25, 0.3) is 82.6 Å². The van der Waals surface area contributed by atoms with Crippen molar-refractivity contribution < 1.29 is 0 Å². The molecule has 2 aliphatic rings. The van der Waals surface area contributed by atoms with Crippen LogP contribution < -0.4 is 0 Å². The van der Waals surface area contributed by atoms with E-state index in [-0.39, 0.29) is 0 Å². The van der Waals surface area contributed by atoms with Crippen molar-refractivity contribution in [1.82, 2.24) is 9.13 Å². The fraction of sp³-hybridized carbons (Fsp3) is 0.0600. The third-order valence-electron chi connectivity index (χ3n) is 10.9. The highest BCUT2D eigenvalue weighted by Gasteiger charge is 2.19. The summed E-state index contributed by atoms with van der Waals surface area (Å²) in [6.07, 6.45) is 17.4. The number of aromatic nitrogens is 2. The predicted octanol–water partition coefficient (Wildman–Crippen LogP) is 13.4. The van der Waals surface area contributed by atoms with Gasteiger partial charge in [0.1, 0.15) is 5.82 Å². The van der Waals surface area contributed by atoms with Gasteiger partial charge < -0.3 is 4.57 Å². The second-order valence-electron chi connectivity index (χ2n) is 14.0. The fourth-order valence-electron chi connectivity index (χ4n) is 8.37. The van der Waals surface area contributed by atoms with Crippen LogP contribution in [-0.2, 0) is 0 Å². The first-order valence-corrected chi connectivity index (χ1v) is 18.4. The van der Waals surface area contributed by atoms with Gasteiger partial charge in [-0.25, -0.2) is 4.99 Å². The molecule has 2 aliphatic carbocycles. The molecule has 8 aromatic rings. The molecule has 0 bridgehead atoms. The van der Waals surface area contributed by atoms with Crippen LogP contribution in [-0.4, -0.2) is 14.8 Å². The van der Waals surface area contributed by atoms with Crippen LogP contribution in [0.3, 0.4) is 0 Å². The number of para-hydroxylation sites is 1. The van der Waals surface area contributed by atoms with E-state index in [2.05, 4.69) is 193 Å². The van der Waals surface area contributed by atoms with Gasteiger partial charge in [-0.15, -0.1) is 0 Å². The first kappa shape index (κ1) is 31.1. The average molecular weight is 680 g/mol. The highest BCUT2D eigenvalue weighted by Crippen LogP contribution is 2.41. The predicted molar refractivity (Wildman–Crippen MR) is 228 cm³/mol. The number of rotatable bonds is 5.